The van der Waals surface area contributed by atoms with Gasteiger partial charge in [-0.25, -0.2) is 4.98 Å². The summed E-state index contributed by atoms with van der Waals surface area (Å²) in [6.07, 6.45) is 7.31. The number of nitrogens with one attached hydrogen (secondary N) is 1. The van der Waals surface area contributed by atoms with Gasteiger partial charge in [0.25, 0.3) is 0 Å². The number of pyridine rings is 1. The molecule has 8 heteroatoms. The molecule has 3 aromatic rings. The Morgan fingerprint density at radius 1 is 1.24 bits per heavy atom. The van der Waals surface area contributed by atoms with Crippen molar-refractivity contribution in [1.29, 1.82) is 0 Å². The topological polar surface area (TPSA) is 88.2 Å². The molecule has 0 saturated carbocycles. The quantitative estimate of drug-likeness (QED) is 0.309. The minimum absolute atomic E-state index is 0.00558. The molecule has 2 atom stereocenters. The number of halogens is 1. The second-order valence-corrected chi connectivity index (χ2v) is 10.1. The fourth-order valence-electron chi connectivity index (χ4n) is 4.49. The summed E-state index contributed by atoms with van der Waals surface area (Å²) in [5.41, 5.74) is 4.11. The number of aromatic nitrogens is 3. The molecule has 0 aliphatic carbocycles. The molecule has 2 aromatic heterocycles. The number of hydrogen-bond acceptors (Lipinski definition) is 5. The maximum Gasteiger partial charge on any atom is 0.306 e. The summed E-state index contributed by atoms with van der Waals surface area (Å²) in [6.45, 7) is 4.61. The molecule has 1 aromatic carbocycles. The number of likely N-dealkylation sites (tertiary alicyclic amines) is 1. The van der Waals surface area contributed by atoms with Crippen molar-refractivity contribution in [2.45, 2.75) is 39.2 Å². The smallest absolute Gasteiger partial charge is 0.306 e. The zero-order valence-corrected chi connectivity index (χ0v) is 21.8. The van der Waals surface area contributed by atoms with Crippen LogP contribution >= 0.6 is 22.6 Å². The van der Waals surface area contributed by atoms with Crippen LogP contribution in [0.25, 0.3) is 22.4 Å². The lowest BCUT2D eigenvalue weighted by Gasteiger charge is -2.29. The van der Waals surface area contributed by atoms with Crippen molar-refractivity contribution in [3.05, 3.63) is 58.3 Å². The van der Waals surface area contributed by atoms with E-state index in [0.29, 0.717) is 6.54 Å². The van der Waals surface area contributed by atoms with Gasteiger partial charge >= 0.3 is 5.97 Å². The Morgan fingerprint density at radius 2 is 2.06 bits per heavy atom. The summed E-state index contributed by atoms with van der Waals surface area (Å²) in [4.78, 5) is 39.5. The van der Waals surface area contributed by atoms with E-state index in [1.807, 2.05) is 43.3 Å². The Labute approximate surface area is 213 Å². The van der Waals surface area contributed by atoms with Crippen LogP contribution in [0, 0.1) is 15.4 Å². The Hall–Kier alpha value is -2.75. The third-order valence-corrected chi connectivity index (χ3v) is 7.37. The molecule has 1 aliphatic rings. The van der Waals surface area contributed by atoms with Crippen molar-refractivity contribution in [2.75, 3.05) is 13.7 Å². The van der Waals surface area contributed by atoms with Crippen LogP contribution in [-0.4, -0.2) is 45.4 Å². The highest BCUT2D eigenvalue weighted by atomic mass is 127. The van der Waals surface area contributed by atoms with E-state index in [0.717, 1.165) is 44.6 Å². The molecule has 1 fully saturated rings. The Morgan fingerprint density at radius 3 is 2.76 bits per heavy atom. The number of carbonyl (C=O) groups excluding carboxylic acids is 2. The Kier molecular flexibility index (Phi) is 7.65. The highest BCUT2D eigenvalue weighted by Crippen LogP contribution is 2.35. The Balaban J connectivity index is 1.58. The first-order chi connectivity index (χ1) is 16.4. The fraction of sp³-hybridized carbons (Fsp3) is 0.385. The van der Waals surface area contributed by atoms with Gasteiger partial charge in [-0.1, -0.05) is 26.0 Å². The molecule has 1 N–H and O–H groups in total. The summed E-state index contributed by atoms with van der Waals surface area (Å²) >= 11 is 2.34. The molecular weight excluding hydrogens is 543 g/mol. The van der Waals surface area contributed by atoms with Gasteiger partial charge in [0.1, 0.15) is 5.82 Å². The normalized spacial score (nSPS) is 16.6. The molecule has 0 spiro atoms. The molecule has 0 unspecified atom stereocenters. The first-order valence-corrected chi connectivity index (χ1v) is 12.6. The van der Waals surface area contributed by atoms with Gasteiger partial charge < -0.3 is 14.6 Å². The van der Waals surface area contributed by atoms with Gasteiger partial charge in [-0.2, -0.15) is 0 Å². The summed E-state index contributed by atoms with van der Waals surface area (Å²) in [6, 6.07) is 10.2. The summed E-state index contributed by atoms with van der Waals surface area (Å²) in [7, 11) is 1.36. The standard InChI is InChI=1S/C26H29IN4O3/c1-16(2)19(13-24(32)34-3)26(33)31-11-5-7-23(31)25-29-15-22(30-25)17-8-9-21(27)20(12-17)18-6-4-10-28-14-18/h4,6,8-10,12,14-16,19,23H,5,7,11,13H2,1-3H3,(H,29,30)/t19-,23-/m0/s1. The number of hydrogen-bond donors (Lipinski definition) is 1. The maximum atomic E-state index is 13.4. The van der Waals surface area contributed by atoms with E-state index in [1.54, 1.807) is 6.20 Å². The fourth-order valence-corrected chi connectivity index (χ4v) is 5.13. The van der Waals surface area contributed by atoms with Crippen molar-refractivity contribution in [2.24, 2.45) is 11.8 Å². The van der Waals surface area contributed by atoms with Crippen LogP contribution in [0.4, 0.5) is 0 Å². The van der Waals surface area contributed by atoms with Crippen molar-refractivity contribution in [1.82, 2.24) is 19.9 Å². The van der Waals surface area contributed by atoms with Gasteiger partial charge in [-0.3, -0.25) is 14.6 Å². The van der Waals surface area contributed by atoms with Crippen LogP contribution in [0.5, 0.6) is 0 Å². The van der Waals surface area contributed by atoms with Gasteiger partial charge in [0.05, 0.1) is 37.4 Å². The monoisotopic (exact) mass is 572 g/mol. The third-order valence-electron chi connectivity index (χ3n) is 6.43. The lowest BCUT2D eigenvalue weighted by atomic mass is 9.91. The summed E-state index contributed by atoms with van der Waals surface area (Å²) in [5.74, 6) is 0.0570. The number of rotatable bonds is 7. The average Bonchev–Trinajstić information content (AvgIpc) is 3.52. The second kappa shape index (κ2) is 10.7. The third kappa shape index (κ3) is 5.16. The van der Waals surface area contributed by atoms with Crippen LogP contribution in [0.1, 0.15) is 45.0 Å². The summed E-state index contributed by atoms with van der Waals surface area (Å²) in [5, 5.41) is 0. The van der Waals surface area contributed by atoms with Gasteiger partial charge in [0, 0.05) is 33.6 Å². The molecule has 1 saturated heterocycles. The molecule has 1 aliphatic heterocycles. The van der Waals surface area contributed by atoms with E-state index in [-0.39, 0.29) is 30.3 Å². The van der Waals surface area contributed by atoms with Crippen LogP contribution < -0.4 is 0 Å². The van der Waals surface area contributed by atoms with Crippen molar-refractivity contribution < 1.29 is 14.3 Å². The number of esters is 1. The molecule has 0 radical (unpaired) electrons. The largest absolute Gasteiger partial charge is 0.469 e. The van der Waals surface area contributed by atoms with E-state index in [2.05, 4.69) is 55.7 Å². The maximum absolute atomic E-state index is 13.4. The first-order valence-electron chi connectivity index (χ1n) is 11.5. The average molecular weight is 572 g/mol. The van der Waals surface area contributed by atoms with Gasteiger partial charge in [0.15, 0.2) is 0 Å². The van der Waals surface area contributed by atoms with Crippen LogP contribution in [0.15, 0.2) is 48.9 Å². The molecule has 34 heavy (non-hydrogen) atoms. The van der Waals surface area contributed by atoms with E-state index in [1.165, 1.54) is 7.11 Å². The van der Waals surface area contributed by atoms with E-state index in [4.69, 9.17) is 4.74 Å². The SMILES string of the molecule is COC(=O)C[C@H](C(=O)N1CCC[C@H]1c1ncc(-c2ccc(I)c(-c3cccnc3)c2)[nH]1)C(C)C. The molecule has 178 valence electrons. The number of imidazole rings is 1. The number of H-pyrrole nitrogens is 1. The van der Waals surface area contributed by atoms with E-state index in [9.17, 15) is 9.59 Å². The van der Waals surface area contributed by atoms with Crippen LogP contribution in [0.2, 0.25) is 0 Å². The first kappa shape index (κ1) is 24.4. The molecular formula is C26H29IN4O3. The van der Waals surface area contributed by atoms with Gasteiger partial charge in [-0.05, 0) is 65.1 Å². The number of aromatic amines is 1. The number of methoxy groups -OCH3 is 1. The molecule has 7 nitrogen and oxygen atoms in total. The van der Waals surface area contributed by atoms with Gasteiger partial charge in [-0.15, -0.1) is 0 Å². The molecule has 3 heterocycles. The van der Waals surface area contributed by atoms with Crippen LogP contribution in [-0.2, 0) is 14.3 Å². The highest BCUT2D eigenvalue weighted by molar-refractivity contribution is 14.1. The van der Waals surface area contributed by atoms with E-state index >= 15 is 0 Å². The minimum atomic E-state index is -0.402. The number of benzene rings is 1. The van der Waals surface area contributed by atoms with E-state index < -0.39 is 5.92 Å². The number of nitrogens with zero attached hydrogens (tertiary/aromatic N) is 3. The zero-order chi connectivity index (χ0) is 24.2. The molecule has 1 amide bonds. The number of ether oxygens (including phenoxy) is 1. The summed E-state index contributed by atoms with van der Waals surface area (Å²) < 4.78 is 5.97. The molecule has 0 bridgehead atoms. The minimum Gasteiger partial charge on any atom is -0.469 e. The Bertz CT molecular complexity index is 1160. The van der Waals surface area contributed by atoms with Gasteiger partial charge in [0.2, 0.25) is 5.91 Å². The molecule has 4 rings (SSSR count). The van der Waals surface area contributed by atoms with Crippen molar-refractivity contribution in [3.63, 3.8) is 0 Å². The predicted molar refractivity (Wildman–Crippen MR) is 139 cm³/mol. The lowest BCUT2D eigenvalue weighted by molar-refractivity contribution is -0.148. The number of carbonyl (C=O) groups is 2. The lowest BCUT2D eigenvalue weighted by Crippen LogP contribution is -2.39. The predicted octanol–water partition coefficient (Wildman–Crippen LogP) is 5.24. The van der Waals surface area contributed by atoms with Crippen molar-refractivity contribution >= 4 is 34.5 Å². The van der Waals surface area contributed by atoms with Crippen LogP contribution in [0.3, 0.4) is 0 Å². The zero-order valence-electron chi connectivity index (χ0n) is 19.6. The van der Waals surface area contributed by atoms with Crippen molar-refractivity contribution in [3.8, 4) is 22.4 Å². The second-order valence-electron chi connectivity index (χ2n) is 8.94. The number of amides is 1. The highest BCUT2D eigenvalue weighted by Gasteiger charge is 2.37.